The molecule has 1 aliphatic rings. The van der Waals surface area contributed by atoms with E-state index in [0.717, 1.165) is 6.07 Å². The van der Waals surface area contributed by atoms with Gasteiger partial charge in [-0.25, -0.2) is 4.39 Å². The normalized spacial score (nSPS) is 19.1. The molecule has 1 saturated heterocycles. The number of halogens is 5. The minimum Gasteiger partial charge on any atom is -0.316 e. The summed E-state index contributed by atoms with van der Waals surface area (Å²) in [6.45, 7) is 0.811. The molecular weight excluding hydrogens is 270 g/mol. The lowest BCUT2D eigenvalue weighted by Crippen LogP contribution is -2.37. The molecule has 1 aliphatic heterocycles. The highest BCUT2D eigenvalue weighted by molar-refractivity contribution is 5.85. The van der Waals surface area contributed by atoms with Crippen LogP contribution in [0.2, 0.25) is 0 Å². The molecule has 0 aromatic heterocycles. The quantitative estimate of drug-likeness (QED) is 0.776. The molecule has 1 aromatic carbocycles. The second kappa shape index (κ2) is 5.45. The first-order valence-electron chi connectivity index (χ1n) is 5.50. The van der Waals surface area contributed by atoms with Gasteiger partial charge in [0.25, 0.3) is 0 Å². The Morgan fingerprint density at radius 2 is 1.61 bits per heavy atom. The lowest BCUT2D eigenvalue weighted by atomic mass is 9.84. The van der Waals surface area contributed by atoms with Crippen LogP contribution in [-0.4, -0.2) is 13.1 Å². The molecule has 102 valence electrons. The number of benzene rings is 1. The van der Waals surface area contributed by atoms with Crippen LogP contribution in [0.15, 0.2) is 24.3 Å². The van der Waals surface area contributed by atoms with Gasteiger partial charge >= 0.3 is 6.18 Å². The van der Waals surface area contributed by atoms with Crippen LogP contribution in [0.4, 0.5) is 17.6 Å². The molecule has 18 heavy (non-hydrogen) atoms. The molecule has 1 heterocycles. The van der Waals surface area contributed by atoms with Gasteiger partial charge in [0.2, 0.25) is 0 Å². The Kier molecular flexibility index (Phi) is 4.61. The summed E-state index contributed by atoms with van der Waals surface area (Å²) in [5, 5.41) is 2.95. The number of hydrogen-bond acceptors (Lipinski definition) is 1. The molecular formula is C12H14ClF4N. The fourth-order valence-corrected chi connectivity index (χ4v) is 2.21. The lowest BCUT2D eigenvalue weighted by Gasteiger charge is -2.32. The van der Waals surface area contributed by atoms with Crippen LogP contribution in [-0.2, 0) is 11.8 Å². The molecule has 1 fully saturated rings. The smallest absolute Gasteiger partial charge is 0.316 e. The minimum absolute atomic E-state index is 0. The molecule has 0 radical (unpaired) electrons. The second-order valence-corrected chi connectivity index (χ2v) is 4.26. The monoisotopic (exact) mass is 283 g/mol. The van der Waals surface area contributed by atoms with Gasteiger partial charge in [0.15, 0.2) is 0 Å². The third-order valence-electron chi connectivity index (χ3n) is 3.11. The second-order valence-electron chi connectivity index (χ2n) is 4.26. The van der Waals surface area contributed by atoms with Crippen LogP contribution in [0.1, 0.15) is 24.0 Å². The molecule has 0 bridgehead atoms. The molecule has 1 nitrogen and oxygen atoms in total. The number of hydrogen-bond donors (Lipinski definition) is 1. The molecule has 0 spiro atoms. The fourth-order valence-electron chi connectivity index (χ4n) is 2.21. The zero-order valence-electron chi connectivity index (χ0n) is 9.56. The Labute approximate surface area is 109 Å². The van der Waals surface area contributed by atoms with E-state index in [1.54, 1.807) is 0 Å². The third kappa shape index (κ3) is 2.95. The van der Waals surface area contributed by atoms with Crippen LogP contribution in [0.25, 0.3) is 0 Å². The number of nitrogens with one attached hydrogen (secondary N) is 1. The molecule has 0 atom stereocenters. The van der Waals surface area contributed by atoms with E-state index in [1.165, 1.54) is 18.2 Å². The lowest BCUT2D eigenvalue weighted by molar-refractivity contribution is -0.139. The summed E-state index contributed by atoms with van der Waals surface area (Å²) in [7, 11) is 0. The summed E-state index contributed by atoms with van der Waals surface area (Å²) in [5.41, 5.74) is -2.95. The van der Waals surface area contributed by atoms with Gasteiger partial charge in [-0.1, -0.05) is 18.2 Å². The van der Waals surface area contributed by atoms with E-state index in [4.69, 9.17) is 0 Å². The zero-order valence-corrected chi connectivity index (χ0v) is 10.4. The Morgan fingerprint density at radius 3 is 2.17 bits per heavy atom. The zero-order chi connectivity index (χ0) is 12.5. The topological polar surface area (TPSA) is 12.0 Å². The molecule has 1 N–H and O–H groups in total. The Bertz CT molecular complexity index is 399. The van der Waals surface area contributed by atoms with Gasteiger partial charge in [-0.15, -0.1) is 12.4 Å². The van der Waals surface area contributed by atoms with E-state index in [9.17, 15) is 17.6 Å². The fraction of sp³-hybridized carbons (Fsp3) is 0.500. The predicted molar refractivity (Wildman–Crippen MR) is 63.6 cm³/mol. The number of rotatable bonds is 1. The molecule has 6 heteroatoms. The van der Waals surface area contributed by atoms with Crippen molar-refractivity contribution in [2.24, 2.45) is 0 Å². The largest absolute Gasteiger partial charge is 0.416 e. The van der Waals surface area contributed by atoms with Crippen LogP contribution in [0.3, 0.4) is 0 Å². The van der Waals surface area contributed by atoms with Gasteiger partial charge < -0.3 is 5.32 Å². The maximum atomic E-state index is 14.6. The number of alkyl halides is 4. The van der Waals surface area contributed by atoms with Crippen molar-refractivity contribution >= 4 is 12.4 Å². The van der Waals surface area contributed by atoms with E-state index >= 15 is 0 Å². The molecule has 2 rings (SSSR count). The van der Waals surface area contributed by atoms with Crippen LogP contribution >= 0.6 is 12.4 Å². The van der Waals surface area contributed by atoms with Crippen LogP contribution in [0.5, 0.6) is 0 Å². The van der Waals surface area contributed by atoms with Crippen molar-refractivity contribution in [1.29, 1.82) is 0 Å². The van der Waals surface area contributed by atoms with Gasteiger partial charge in [0.05, 0.1) is 5.56 Å². The standard InChI is InChI=1S/C12H13F4N.ClH/c13-11(5-7-17-8-6-11)9-3-1-2-4-10(9)12(14,15)16;/h1-4,17H,5-8H2;1H. The summed E-state index contributed by atoms with van der Waals surface area (Å²) < 4.78 is 52.9. The van der Waals surface area contributed by atoms with Crippen LogP contribution < -0.4 is 5.32 Å². The van der Waals surface area contributed by atoms with E-state index in [0.29, 0.717) is 13.1 Å². The highest BCUT2D eigenvalue weighted by atomic mass is 35.5. The third-order valence-corrected chi connectivity index (χ3v) is 3.11. The van der Waals surface area contributed by atoms with Gasteiger partial charge in [-0.3, -0.25) is 0 Å². The summed E-state index contributed by atoms with van der Waals surface area (Å²) >= 11 is 0. The van der Waals surface area contributed by atoms with E-state index < -0.39 is 17.4 Å². The SMILES string of the molecule is Cl.FC(F)(F)c1ccccc1C1(F)CCNCC1. The first-order chi connectivity index (χ1) is 7.93. The average molecular weight is 284 g/mol. The van der Waals surface area contributed by atoms with Crippen molar-refractivity contribution in [3.63, 3.8) is 0 Å². The summed E-state index contributed by atoms with van der Waals surface area (Å²) in [6, 6.07) is 4.93. The van der Waals surface area contributed by atoms with Gasteiger partial charge in [-0.05, 0) is 32.0 Å². The maximum absolute atomic E-state index is 14.6. The minimum atomic E-state index is -4.50. The van der Waals surface area contributed by atoms with E-state index in [1.807, 2.05) is 0 Å². The maximum Gasteiger partial charge on any atom is 0.416 e. The average Bonchev–Trinajstić information content (AvgIpc) is 2.29. The highest BCUT2D eigenvalue weighted by Crippen LogP contribution is 2.42. The Morgan fingerprint density at radius 1 is 1.06 bits per heavy atom. The number of piperidine rings is 1. The van der Waals surface area contributed by atoms with Crippen molar-refractivity contribution in [1.82, 2.24) is 5.32 Å². The summed E-state index contributed by atoms with van der Waals surface area (Å²) in [6.07, 6.45) is -4.33. The molecule has 1 aromatic rings. The summed E-state index contributed by atoms with van der Waals surface area (Å²) in [5.74, 6) is 0. The van der Waals surface area contributed by atoms with Crippen molar-refractivity contribution in [2.75, 3.05) is 13.1 Å². The van der Waals surface area contributed by atoms with Crippen LogP contribution in [0, 0.1) is 0 Å². The van der Waals surface area contributed by atoms with Crippen molar-refractivity contribution in [3.8, 4) is 0 Å². The Hall–Kier alpha value is -0.810. The first-order valence-corrected chi connectivity index (χ1v) is 5.50. The molecule has 0 aliphatic carbocycles. The van der Waals surface area contributed by atoms with Crippen molar-refractivity contribution in [2.45, 2.75) is 24.7 Å². The van der Waals surface area contributed by atoms with E-state index in [2.05, 4.69) is 5.32 Å². The molecule has 0 unspecified atom stereocenters. The predicted octanol–water partition coefficient (Wildman–Crippen LogP) is 3.68. The van der Waals surface area contributed by atoms with Crippen molar-refractivity contribution in [3.05, 3.63) is 35.4 Å². The van der Waals surface area contributed by atoms with Gasteiger partial charge in [0, 0.05) is 5.56 Å². The first kappa shape index (κ1) is 15.2. The van der Waals surface area contributed by atoms with E-state index in [-0.39, 0.29) is 30.8 Å². The van der Waals surface area contributed by atoms with Gasteiger partial charge in [0.1, 0.15) is 5.67 Å². The highest BCUT2D eigenvalue weighted by Gasteiger charge is 2.42. The Balaban J connectivity index is 0.00000162. The summed E-state index contributed by atoms with van der Waals surface area (Å²) in [4.78, 5) is 0. The molecule has 0 amide bonds. The van der Waals surface area contributed by atoms with Gasteiger partial charge in [-0.2, -0.15) is 13.2 Å². The van der Waals surface area contributed by atoms with Crippen molar-refractivity contribution < 1.29 is 17.6 Å². The molecule has 0 saturated carbocycles.